The second-order valence-corrected chi connectivity index (χ2v) is 8.09. The summed E-state index contributed by atoms with van der Waals surface area (Å²) in [6.07, 6.45) is 3.83. The van der Waals surface area contributed by atoms with Crippen molar-refractivity contribution < 1.29 is 14.3 Å². The van der Waals surface area contributed by atoms with Crippen LogP contribution in [0.3, 0.4) is 0 Å². The van der Waals surface area contributed by atoms with Gasteiger partial charge in [-0.25, -0.2) is 0 Å². The predicted octanol–water partition coefficient (Wildman–Crippen LogP) is 3.14. The maximum atomic E-state index is 12.4. The van der Waals surface area contributed by atoms with Crippen LogP contribution in [0, 0.1) is 6.92 Å². The summed E-state index contributed by atoms with van der Waals surface area (Å²) < 4.78 is 5.57. The Bertz CT molecular complexity index is 904. The molecule has 0 radical (unpaired) electrons. The van der Waals surface area contributed by atoms with Gasteiger partial charge in [0.2, 0.25) is 0 Å². The summed E-state index contributed by atoms with van der Waals surface area (Å²) in [5.41, 5.74) is 3.50. The number of hydrogen-bond acceptors (Lipinski definition) is 4. The fraction of sp³-hybridized carbons (Fsp3) is 0.417. The summed E-state index contributed by atoms with van der Waals surface area (Å²) in [7, 11) is 0. The Hall–Kier alpha value is -2.86. The summed E-state index contributed by atoms with van der Waals surface area (Å²) in [6, 6.07) is 13.3. The van der Waals surface area contributed by atoms with E-state index in [-0.39, 0.29) is 18.4 Å². The lowest BCUT2D eigenvalue weighted by Gasteiger charge is -2.29. The molecule has 0 bridgehead atoms. The number of nitrogens with one attached hydrogen (secondary N) is 1. The molecule has 1 N–H and O–H groups in total. The summed E-state index contributed by atoms with van der Waals surface area (Å²) >= 11 is 0. The van der Waals surface area contributed by atoms with Gasteiger partial charge < -0.3 is 19.9 Å². The summed E-state index contributed by atoms with van der Waals surface area (Å²) in [5.74, 6) is 0.618. The van der Waals surface area contributed by atoms with Crippen molar-refractivity contribution in [2.24, 2.45) is 0 Å². The lowest BCUT2D eigenvalue weighted by Crippen LogP contribution is -2.38. The first-order chi connectivity index (χ1) is 14.6. The molecule has 0 saturated carbocycles. The van der Waals surface area contributed by atoms with Crippen LogP contribution in [0.5, 0.6) is 5.75 Å². The molecule has 1 saturated heterocycles. The molecule has 2 aliphatic heterocycles. The zero-order valence-corrected chi connectivity index (χ0v) is 17.5. The number of carbonyl (C=O) groups excluding carboxylic acids is 2. The van der Waals surface area contributed by atoms with Crippen molar-refractivity contribution in [2.45, 2.75) is 32.7 Å². The van der Waals surface area contributed by atoms with Gasteiger partial charge in [-0.15, -0.1) is 0 Å². The largest absolute Gasteiger partial charge is 0.482 e. The van der Waals surface area contributed by atoms with Gasteiger partial charge in [0.15, 0.2) is 6.61 Å². The Labute approximate surface area is 177 Å². The van der Waals surface area contributed by atoms with Crippen LogP contribution in [0.2, 0.25) is 0 Å². The molecule has 6 nitrogen and oxygen atoms in total. The first-order valence-electron chi connectivity index (χ1n) is 10.7. The maximum Gasteiger partial charge on any atom is 0.265 e. The molecule has 2 aromatic rings. The summed E-state index contributed by atoms with van der Waals surface area (Å²) in [5, 5.41) is 3.01. The number of ether oxygens (including phenoxy) is 1. The number of benzene rings is 2. The highest BCUT2D eigenvalue weighted by atomic mass is 16.5. The number of fused-ring (bicyclic) bond motifs is 1. The topological polar surface area (TPSA) is 61.9 Å². The Morgan fingerprint density at radius 3 is 2.60 bits per heavy atom. The van der Waals surface area contributed by atoms with Crippen molar-refractivity contribution in [3.8, 4) is 5.75 Å². The molecule has 0 unspecified atom stereocenters. The van der Waals surface area contributed by atoms with Crippen LogP contribution >= 0.6 is 0 Å². The molecule has 0 aliphatic carbocycles. The zero-order valence-electron chi connectivity index (χ0n) is 17.5. The average molecular weight is 408 g/mol. The molecule has 0 atom stereocenters. The fourth-order valence-corrected chi connectivity index (χ4v) is 4.04. The molecular formula is C24H29N3O3. The highest BCUT2D eigenvalue weighted by Crippen LogP contribution is 2.33. The van der Waals surface area contributed by atoms with Crippen LogP contribution in [-0.2, 0) is 11.3 Å². The molecule has 1 fully saturated rings. The number of hydrogen-bond donors (Lipinski definition) is 1. The minimum absolute atomic E-state index is 0.0496. The molecule has 6 heteroatoms. The first-order valence-corrected chi connectivity index (χ1v) is 10.7. The van der Waals surface area contributed by atoms with Crippen molar-refractivity contribution in [3.63, 3.8) is 0 Å². The monoisotopic (exact) mass is 407 g/mol. The number of aryl methyl sites for hydroxylation is 1. The Morgan fingerprint density at radius 2 is 1.83 bits per heavy atom. The molecule has 2 aromatic carbocycles. The van der Waals surface area contributed by atoms with Crippen LogP contribution in [-0.4, -0.2) is 49.5 Å². The number of anilines is 1. The highest BCUT2D eigenvalue weighted by molar-refractivity contribution is 5.98. The van der Waals surface area contributed by atoms with Crippen molar-refractivity contribution in [1.29, 1.82) is 0 Å². The minimum atomic E-state index is -0.0640. The van der Waals surface area contributed by atoms with E-state index in [0.717, 1.165) is 42.2 Å². The SMILES string of the molecule is Cc1ccc2c(c1)OCC(=O)N2Cc1ccc(C(=O)NCCN2CCCCC2)cc1. The number of carbonyl (C=O) groups is 2. The molecule has 30 heavy (non-hydrogen) atoms. The van der Waals surface area contributed by atoms with E-state index < -0.39 is 0 Å². The van der Waals surface area contributed by atoms with E-state index >= 15 is 0 Å². The van der Waals surface area contributed by atoms with Crippen molar-refractivity contribution >= 4 is 17.5 Å². The van der Waals surface area contributed by atoms with E-state index in [9.17, 15) is 9.59 Å². The van der Waals surface area contributed by atoms with Crippen LogP contribution in [0.1, 0.15) is 40.7 Å². The normalized spacial score (nSPS) is 16.7. The quantitative estimate of drug-likeness (QED) is 0.799. The molecule has 2 heterocycles. The molecule has 0 aromatic heterocycles. The Balaban J connectivity index is 1.34. The van der Waals surface area contributed by atoms with Gasteiger partial charge in [0, 0.05) is 18.7 Å². The maximum absolute atomic E-state index is 12.4. The second kappa shape index (κ2) is 9.30. The Kier molecular flexibility index (Phi) is 6.33. The molecule has 158 valence electrons. The van der Waals surface area contributed by atoms with Gasteiger partial charge in [-0.05, 0) is 68.2 Å². The molecule has 2 amide bonds. The fourth-order valence-electron chi connectivity index (χ4n) is 4.04. The number of nitrogens with zero attached hydrogens (tertiary/aromatic N) is 2. The van der Waals surface area contributed by atoms with Crippen molar-refractivity contribution in [2.75, 3.05) is 37.7 Å². The first kappa shape index (κ1) is 20.4. The van der Waals surface area contributed by atoms with Gasteiger partial charge in [-0.1, -0.05) is 24.6 Å². The van der Waals surface area contributed by atoms with E-state index in [1.165, 1.54) is 19.3 Å². The number of amides is 2. The third kappa shape index (κ3) is 4.82. The van der Waals surface area contributed by atoms with Crippen molar-refractivity contribution in [1.82, 2.24) is 10.2 Å². The highest BCUT2D eigenvalue weighted by Gasteiger charge is 2.25. The van der Waals surface area contributed by atoms with Gasteiger partial charge in [0.05, 0.1) is 12.2 Å². The number of likely N-dealkylation sites (tertiary alicyclic amines) is 1. The Morgan fingerprint density at radius 1 is 1.07 bits per heavy atom. The van der Waals surface area contributed by atoms with Crippen LogP contribution in [0.15, 0.2) is 42.5 Å². The lowest BCUT2D eigenvalue weighted by molar-refractivity contribution is -0.121. The molecule has 0 spiro atoms. The van der Waals surface area contributed by atoms with Crippen LogP contribution in [0.4, 0.5) is 5.69 Å². The van der Waals surface area contributed by atoms with Gasteiger partial charge in [-0.2, -0.15) is 0 Å². The second-order valence-electron chi connectivity index (χ2n) is 8.09. The van der Waals surface area contributed by atoms with E-state index in [4.69, 9.17) is 4.74 Å². The van der Waals surface area contributed by atoms with Gasteiger partial charge in [0.25, 0.3) is 11.8 Å². The van der Waals surface area contributed by atoms with Gasteiger partial charge in [-0.3, -0.25) is 9.59 Å². The van der Waals surface area contributed by atoms with Crippen LogP contribution in [0.25, 0.3) is 0 Å². The van der Waals surface area contributed by atoms with E-state index in [1.54, 1.807) is 4.90 Å². The summed E-state index contributed by atoms with van der Waals surface area (Å²) in [4.78, 5) is 29.0. The minimum Gasteiger partial charge on any atom is -0.482 e. The lowest BCUT2D eigenvalue weighted by atomic mass is 10.1. The third-order valence-electron chi connectivity index (χ3n) is 5.78. The smallest absolute Gasteiger partial charge is 0.265 e. The molecular weight excluding hydrogens is 378 g/mol. The van der Waals surface area contributed by atoms with Gasteiger partial charge in [0.1, 0.15) is 5.75 Å². The zero-order chi connectivity index (χ0) is 20.9. The standard InChI is InChI=1S/C24H29N3O3/c1-18-5-10-21-22(15-18)30-17-23(28)27(21)16-19-6-8-20(9-7-19)24(29)25-11-14-26-12-3-2-4-13-26/h5-10,15H,2-4,11-14,16-17H2,1H3,(H,25,29). The van der Waals surface area contributed by atoms with E-state index in [0.29, 0.717) is 18.7 Å². The third-order valence-corrected chi connectivity index (χ3v) is 5.78. The molecule has 4 rings (SSSR count). The average Bonchev–Trinajstić information content (AvgIpc) is 2.77. The van der Waals surface area contributed by atoms with Gasteiger partial charge >= 0.3 is 0 Å². The van der Waals surface area contributed by atoms with Crippen LogP contribution < -0.4 is 15.0 Å². The molecule has 2 aliphatic rings. The van der Waals surface area contributed by atoms with E-state index in [1.807, 2.05) is 49.4 Å². The van der Waals surface area contributed by atoms with E-state index in [2.05, 4.69) is 10.2 Å². The number of rotatable bonds is 6. The summed E-state index contributed by atoms with van der Waals surface area (Å²) in [6.45, 7) is 6.34. The predicted molar refractivity (Wildman–Crippen MR) is 117 cm³/mol. The number of piperidine rings is 1. The van der Waals surface area contributed by atoms with Crippen molar-refractivity contribution in [3.05, 3.63) is 59.2 Å².